The summed E-state index contributed by atoms with van der Waals surface area (Å²) in [5.74, 6) is -3.98. The minimum Gasteiger partial charge on any atom is -0.497 e. The van der Waals surface area contributed by atoms with Crippen LogP contribution in [0.2, 0.25) is 0 Å². The highest BCUT2D eigenvalue weighted by atomic mass is 16.6. The van der Waals surface area contributed by atoms with Gasteiger partial charge in [0.15, 0.2) is 0 Å². The molecule has 0 unspecified atom stereocenters. The Balaban J connectivity index is 1.44. The van der Waals surface area contributed by atoms with Crippen LogP contribution >= 0.6 is 0 Å². The third-order valence-corrected chi connectivity index (χ3v) is 8.61. The summed E-state index contributed by atoms with van der Waals surface area (Å²) in [6, 6.07) is 22.7. The highest BCUT2D eigenvalue weighted by molar-refractivity contribution is 6.25. The number of nitro groups is 1. The van der Waals surface area contributed by atoms with E-state index in [0.717, 1.165) is 26.8 Å². The fraction of sp³-hybridized carbons (Fsp3) is 0.182. The van der Waals surface area contributed by atoms with Gasteiger partial charge in [-0.25, -0.2) is 4.90 Å². The van der Waals surface area contributed by atoms with Crippen molar-refractivity contribution in [2.24, 2.45) is 17.8 Å². The molecule has 9 nitrogen and oxygen atoms in total. The van der Waals surface area contributed by atoms with E-state index in [-0.39, 0.29) is 11.4 Å². The Morgan fingerprint density at radius 2 is 1.64 bits per heavy atom. The number of ether oxygens (including phenoxy) is 2. The number of nitro benzene ring substituents is 1. The van der Waals surface area contributed by atoms with E-state index in [1.54, 1.807) is 32.2 Å². The van der Waals surface area contributed by atoms with Crippen LogP contribution in [0, 0.1) is 34.8 Å². The van der Waals surface area contributed by atoms with Crippen LogP contribution < -0.4 is 14.4 Å². The summed E-state index contributed by atoms with van der Waals surface area (Å²) in [5, 5.41) is 13.2. The second-order valence-corrected chi connectivity index (χ2v) is 10.8. The molecular formula is C33H24N2O7. The summed E-state index contributed by atoms with van der Waals surface area (Å²) in [4.78, 5) is 54.1. The van der Waals surface area contributed by atoms with Crippen LogP contribution in [0.3, 0.4) is 0 Å². The van der Waals surface area contributed by atoms with Gasteiger partial charge in [-0.1, -0.05) is 48.5 Å². The first kappa shape index (κ1) is 25.6. The lowest BCUT2D eigenvalue weighted by molar-refractivity contribution is -0.384. The van der Waals surface area contributed by atoms with Crippen molar-refractivity contribution in [2.45, 2.75) is 12.8 Å². The number of allylic oxidation sites excluding steroid dienone is 1. The van der Waals surface area contributed by atoms with E-state index < -0.39 is 46.4 Å². The summed E-state index contributed by atoms with van der Waals surface area (Å²) >= 11 is 0. The highest BCUT2D eigenvalue weighted by Crippen LogP contribution is 2.56. The largest absolute Gasteiger partial charge is 0.497 e. The van der Waals surface area contributed by atoms with Gasteiger partial charge in [-0.15, -0.1) is 0 Å². The normalized spacial score (nSPS) is 22.7. The van der Waals surface area contributed by atoms with E-state index in [4.69, 9.17) is 9.47 Å². The van der Waals surface area contributed by atoms with Crippen LogP contribution in [0.15, 0.2) is 84.9 Å². The zero-order valence-corrected chi connectivity index (χ0v) is 22.6. The fourth-order valence-corrected chi connectivity index (χ4v) is 6.72. The molecule has 0 N–H and O–H groups in total. The van der Waals surface area contributed by atoms with Crippen LogP contribution in [0.4, 0.5) is 11.4 Å². The van der Waals surface area contributed by atoms with Gasteiger partial charge in [0.05, 0.1) is 35.5 Å². The number of benzene rings is 4. The van der Waals surface area contributed by atoms with Crippen LogP contribution in [0.1, 0.15) is 22.6 Å². The van der Waals surface area contributed by atoms with Gasteiger partial charge in [-0.3, -0.25) is 24.5 Å². The van der Waals surface area contributed by atoms with Crippen molar-refractivity contribution in [3.8, 4) is 11.5 Å². The van der Waals surface area contributed by atoms with Crippen LogP contribution in [0.5, 0.6) is 11.5 Å². The summed E-state index contributed by atoms with van der Waals surface area (Å²) in [6.07, 6.45) is 1.94. The first-order valence-electron chi connectivity index (χ1n) is 13.5. The molecule has 2 amide bonds. The van der Waals surface area contributed by atoms with Crippen molar-refractivity contribution in [1.82, 2.24) is 0 Å². The van der Waals surface area contributed by atoms with Gasteiger partial charge in [-0.2, -0.15) is 0 Å². The van der Waals surface area contributed by atoms with Gasteiger partial charge in [0.1, 0.15) is 11.5 Å². The molecule has 42 heavy (non-hydrogen) atoms. The molecule has 0 radical (unpaired) electrons. The second kappa shape index (κ2) is 9.37. The fourth-order valence-electron chi connectivity index (χ4n) is 6.72. The molecule has 1 fully saturated rings. The van der Waals surface area contributed by atoms with Gasteiger partial charge >= 0.3 is 5.97 Å². The van der Waals surface area contributed by atoms with Crippen molar-refractivity contribution < 1.29 is 28.8 Å². The van der Waals surface area contributed by atoms with Crippen molar-refractivity contribution in [3.05, 3.63) is 112 Å². The summed E-state index contributed by atoms with van der Waals surface area (Å²) in [6.45, 7) is 1.62. The predicted molar refractivity (Wildman–Crippen MR) is 154 cm³/mol. The van der Waals surface area contributed by atoms with Gasteiger partial charge in [0.2, 0.25) is 11.8 Å². The number of hydrogen-bond donors (Lipinski definition) is 0. The molecule has 2 heterocycles. The number of non-ortho nitro benzene ring substituents is 1. The molecule has 3 aliphatic rings. The number of esters is 1. The highest BCUT2D eigenvalue weighted by Gasteiger charge is 2.60. The summed E-state index contributed by atoms with van der Waals surface area (Å²) in [5.41, 5.74) is 2.70. The van der Waals surface area contributed by atoms with E-state index in [1.807, 2.05) is 48.5 Å². The Bertz CT molecular complexity index is 1880. The van der Waals surface area contributed by atoms with Gasteiger partial charge in [0, 0.05) is 23.6 Å². The van der Waals surface area contributed by atoms with Crippen LogP contribution in [0.25, 0.3) is 16.3 Å². The van der Waals surface area contributed by atoms with Crippen molar-refractivity contribution in [3.63, 3.8) is 0 Å². The zero-order valence-electron chi connectivity index (χ0n) is 22.6. The Morgan fingerprint density at radius 3 is 2.36 bits per heavy atom. The number of nitrogens with zero attached hydrogens (tertiary/aromatic N) is 2. The number of methoxy groups -OCH3 is 1. The molecule has 1 aliphatic carbocycles. The third-order valence-electron chi connectivity index (χ3n) is 8.61. The maximum atomic E-state index is 14.3. The number of carbonyl (C=O) groups is 3. The van der Waals surface area contributed by atoms with Crippen molar-refractivity contribution >= 4 is 45.5 Å². The molecule has 4 aromatic carbocycles. The molecule has 0 bridgehead atoms. The Kier molecular flexibility index (Phi) is 5.72. The number of carbonyl (C=O) groups excluding carboxylic acids is 3. The number of amides is 2. The van der Waals surface area contributed by atoms with Crippen molar-refractivity contribution in [2.75, 3.05) is 12.0 Å². The molecule has 0 spiro atoms. The Morgan fingerprint density at radius 1 is 0.905 bits per heavy atom. The van der Waals surface area contributed by atoms with E-state index in [9.17, 15) is 24.5 Å². The molecule has 0 saturated carbocycles. The van der Waals surface area contributed by atoms with Crippen LogP contribution in [-0.4, -0.2) is 29.8 Å². The lowest BCUT2D eigenvalue weighted by atomic mass is 9.64. The number of hydrogen-bond acceptors (Lipinski definition) is 7. The van der Waals surface area contributed by atoms with Crippen molar-refractivity contribution in [1.29, 1.82) is 0 Å². The van der Waals surface area contributed by atoms with E-state index in [1.165, 1.54) is 18.2 Å². The molecule has 2 aliphatic heterocycles. The molecule has 208 valence electrons. The smallest absolute Gasteiger partial charge is 0.319 e. The van der Waals surface area contributed by atoms with Gasteiger partial charge in [0.25, 0.3) is 5.69 Å². The topological polar surface area (TPSA) is 116 Å². The van der Waals surface area contributed by atoms with E-state index in [0.29, 0.717) is 22.6 Å². The second-order valence-electron chi connectivity index (χ2n) is 10.8. The number of anilines is 1. The zero-order chi connectivity index (χ0) is 29.3. The number of fused-ring (bicyclic) bond motifs is 7. The van der Waals surface area contributed by atoms with E-state index >= 15 is 0 Å². The number of imide groups is 1. The molecule has 9 heteroatoms. The molecule has 4 aromatic rings. The average molecular weight is 561 g/mol. The monoisotopic (exact) mass is 560 g/mol. The predicted octanol–water partition coefficient (Wildman–Crippen LogP) is 5.59. The molecular weight excluding hydrogens is 536 g/mol. The standard InChI is InChI=1S/C33H24N2O7/c1-17-15-20(35(39)40)10-13-25(17)34-31(36)28-23(19-7-11-21(41-2)12-8-19)16-24-27-22-6-4-3-5-18(22)9-14-26(27)42-33(38)29(24)30(28)32(34)37/h3-16,23,28-30H,1-2H3/t23-,28-,29-,30-/m0/s1. The molecule has 4 atom stereocenters. The Labute approximate surface area is 240 Å². The minimum absolute atomic E-state index is 0.146. The lowest BCUT2D eigenvalue weighted by Gasteiger charge is -2.38. The SMILES string of the molecule is COc1ccc([C@@H]2C=C3c4c(ccc5ccccc45)OC(=O)[C@@H]3[C@H]3C(=O)N(c4ccc([N+](=O)[O-])cc4C)C(=O)[C@H]32)cc1. The summed E-state index contributed by atoms with van der Waals surface area (Å²) in [7, 11) is 1.57. The Hall–Kier alpha value is -5.31. The first-order chi connectivity index (χ1) is 20.3. The number of rotatable bonds is 4. The maximum absolute atomic E-state index is 14.3. The molecule has 7 rings (SSSR count). The first-order valence-corrected chi connectivity index (χ1v) is 13.5. The maximum Gasteiger partial charge on any atom is 0.319 e. The minimum atomic E-state index is -1.03. The average Bonchev–Trinajstić information content (AvgIpc) is 3.26. The van der Waals surface area contributed by atoms with Gasteiger partial charge < -0.3 is 9.47 Å². The number of aryl methyl sites for hydroxylation is 1. The third kappa shape index (κ3) is 3.66. The quantitative estimate of drug-likeness (QED) is 0.105. The molecule has 0 aromatic heterocycles. The lowest BCUT2D eigenvalue weighted by Crippen LogP contribution is -2.42. The summed E-state index contributed by atoms with van der Waals surface area (Å²) < 4.78 is 11.2. The van der Waals surface area contributed by atoms with Crippen LogP contribution in [-0.2, 0) is 14.4 Å². The molecule has 1 saturated heterocycles. The van der Waals surface area contributed by atoms with Gasteiger partial charge in [-0.05, 0) is 58.7 Å². The van der Waals surface area contributed by atoms with E-state index in [2.05, 4.69) is 0 Å².